The Bertz CT molecular complexity index is 1420. The fourth-order valence-electron chi connectivity index (χ4n) is 3.17. The molecule has 1 atom stereocenters. The van der Waals surface area contributed by atoms with E-state index < -0.39 is 23.4 Å². The second-order valence-electron chi connectivity index (χ2n) is 6.39. The van der Waals surface area contributed by atoms with E-state index in [0.717, 1.165) is 12.4 Å². The Balaban J connectivity index is 1.68. The maximum Gasteiger partial charge on any atom is 0.328 e. The average Bonchev–Trinajstić information content (AvgIpc) is 3.27. The lowest BCUT2D eigenvalue weighted by molar-refractivity contribution is 0.567. The van der Waals surface area contributed by atoms with Crippen molar-refractivity contribution in [2.45, 2.75) is 13.0 Å². The number of nitrogens with zero attached hydrogens (tertiary/aromatic N) is 7. The zero-order valence-corrected chi connectivity index (χ0v) is 14.9. The molecule has 0 spiro atoms. The quantitative estimate of drug-likeness (QED) is 0.502. The van der Waals surface area contributed by atoms with Crippen molar-refractivity contribution in [3.8, 4) is 11.5 Å². The third kappa shape index (κ3) is 2.74. The number of H-pyrrole nitrogens is 1. The minimum Gasteiger partial charge on any atom is -0.303 e. The van der Waals surface area contributed by atoms with E-state index in [9.17, 15) is 13.6 Å². The standard InChI is InChI=1S/C18H12F2N8O/c1-9(15-22-4-11(20)5-23-15)28-17-12(25-18(28)29)6-24-16(26-17)13-7-21-14-3-2-10(19)8-27(13)14/h2-9H,1H3,(H,25,29)/t9-/m1/s1. The van der Waals surface area contributed by atoms with E-state index in [1.165, 1.54) is 39.7 Å². The van der Waals surface area contributed by atoms with E-state index in [0.29, 0.717) is 22.5 Å². The molecule has 0 aromatic carbocycles. The van der Waals surface area contributed by atoms with E-state index >= 15 is 0 Å². The molecule has 1 N–H and O–H groups in total. The SMILES string of the molecule is C[C@H](c1ncc(F)cn1)n1c(=O)[nH]c2cnc(-c3cnc4ccc(F)cn34)nc21. The largest absolute Gasteiger partial charge is 0.328 e. The Morgan fingerprint density at radius 3 is 2.59 bits per heavy atom. The third-order valence-electron chi connectivity index (χ3n) is 4.56. The summed E-state index contributed by atoms with van der Waals surface area (Å²) in [6.07, 6.45) is 6.34. The van der Waals surface area contributed by atoms with Gasteiger partial charge in [-0.15, -0.1) is 0 Å². The van der Waals surface area contributed by atoms with Crippen LogP contribution in [0.1, 0.15) is 18.8 Å². The molecule has 0 radical (unpaired) electrons. The van der Waals surface area contributed by atoms with E-state index in [2.05, 4.69) is 29.9 Å². The zero-order valence-electron chi connectivity index (χ0n) is 14.9. The van der Waals surface area contributed by atoms with Crippen LogP contribution in [-0.2, 0) is 0 Å². The van der Waals surface area contributed by atoms with E-state index in [1.807, 2.05) is 0 Å². The van der Waals surface area contributed by atoms with E-state index in [-0.39, 0.29) is 11.6 Å². The van der Waals surface area contributed by atoms with Crippen LogP contribution >= 0.6 is 0 Å². The number of imidazole rings is 2. The van der Waals surface area contributed by atoms with Crippen molar-refractivity contribution in [3.05, 3.63) is 71.1 Å². The van der Waals surface area contributed by atoms with Crippen LogP contribution < -0.4 is 5.69 Å². The number of aromatic amines is 1. The van der Waals surface area contributed by atoms with Crippen molar-refractivity contribution in [1.82, 2.24) is 38.9 Å². The van der Waals surface area contributed by atoms with Crippen LogP contribution in [0.3, 0.4) is 0 Å². The number of rotatable bonds is 3. The van der Waals surface area contributed by atoms with Gasteiger partial charge >= 0.3 is 5.69 Å². The maximum absolute atomic E-state index is 13.7. The first-order valence-corrected chi connectivity index (χ1v) is 8.59. The summed E-state index contributed by atoms with van der Waals surface area (Å²) in [4.78, 5) is 36.1. The minimum atomic E-state index is -0.612. The van der Waals surface area contributed by atoms with Gasteiger partial charge in [-0.1, -0.05) is 0 Å². The van der Waals surface area contributed by atoms with Gasteiger partial charge in [-0.3, -0.25) is 8.97 Å². The van der Waals surface area contributed by atoms with Gasteiger partial charge in [0.1, 0.15) is 22.7 Å². The predicted octanol–water partition coefficient (Wildman–Crippen LogP) is 2.11. The lowest BCUT2D eigenvalue weighted by Crippen LogP contribution is -2.23. The summed E-state index contributed by atoms with van der Waals surface area (Å²) in [6, 6.07) is 2.24. The van der Waals surface area contributed by atoms with Gasteiger partial charge in [0.2, 0.25) is 0 Å². The van der Waals surface area contributed by atoms with Crippen LogP contribution in [0, 0.1) is 11.6 Å². The molecule has 9 nitrogen and oxygen atoms in total. The van der Waals surface area contributed by atoms with Gasteiger partial charge < -0.3 is 4.98 Å². The molecule has 0 amide bonds. The van der Waals surface area contributed by atoms with E-state index in [1.54, 1.807) is 6.92 Å². The molecule has 144 valence electrons. The molecular formula is C18H12F2N8O. The first-order valence-electron chi connectivity index (χ1n) is 8.59. The monoisotopic (exact) mass is 394 g/mol. The molecule has 0 aliphatic carbocycles. The van der Waals surface area contributed by atoms with Crippen molar-refractivity contribution in [2.75, 3.05) is 0 Å². The number of aromatic nitrogens is 8. The highest BCUT2D eigenvalue weighted by atomic mass is 19.1. The Morgan fingerprint density at radius 2 is 1.79 bits per heavy atom. The van der Waals surface area contributed by atoms with Crippen molar-refractivity contribution in [3.63, 3.8) is 0 Å². The van der Waals surface area contributed by atoms with Crippen LogP contribution in [0.4, 0.5) is 8.78 Å². The molecule has 5 aromatic rings. The average molecular weight is 394 g/mol. The fourth-order valence-corrected chi connectivity index (χ4v) is 3.17. The maximum atomic E-state index is 13.7. The second-order valence-corrected chi connectivity index (χ2v) is 6.39. The van der Waals surface area contributed by atoms with Gasteiger partial charge in [0.15, 0.2) is 23.1 Å². The van der Waals surface area contributed by atoms with Crippen molar-refractivity contribution < 1.29 is 8.78 Å². The van der Waals surface area contributed by atoms with Gasteiger partial charge in [0, 0.05) is 6.20 Å². The van der Waals surface area contributed by atoms with Crippen LogP contribution in [0.2, 0.25) is 0 Å². The molecule has 0 saturated carbocycles. The molecule has 0 aliphatic rings. The molecule has 5 aromatic heterocycles. The van der Waals surface area contributed by atoms with Gasteiger partial charge in [0.05, 0.1) is 30.8 Å². The summed E-state index contributed by atoms with van der Waals surface area (Å²) < 4.78 is 29.7. The zero-order chi connectivity index (χ0) is 20.1. The first kappa shape index (κ1) is 17.1. The summed E-state index contributed by atoms with van der Waals surface area (Å²) in [7, 11) is 0. The predicted molar refractivity (Wildman–Crippen MR) is 98.1 cm³/mol. The van der Waals surface area contributed by atoms with Gasteiger partial charge in [-0.2, -0.15) is 0 Å². The molecule has 0 saturated heterocycles. The normalized spacial score (nSPS) is 12.7. The summed E-state index contributed by atoms with van der Waals surface area (Å²) in [5.74, 6) is -0.489. The number of nitrogens with one attached hydrogen (secondary N) is 1. The number of hydrogen-bond donors (Lipinski definition) is 1. The van der Waals surface area contributed by atoms with E-state index in [4.69, 9.17) is 0 Å². The van der Waals surface area contributed by atoms with Crippen LogP contribution in [-0.4, -0.2) is 38.9 Å². The molecule has 11 heteroatoms. The van der Waals surface area contributed by atoms with Gasteiger partial charge in [-0.25, -0.2) is 38.5 Å². The minimum absolute atomic E-state index is 0.256. The Hall–Kier alpha value is -4.02. The molecule has 5 rings (SSSR count). The molecule has 0 fully saturated rings. The van der Waals surface area contributed by atoms with Gasteiger partial charge in [0.25, 0.3) is 0 Å². The van der Waals surface area contributed by atoms with Crippen LogP contribution in [0.5, 0.6) is 0 Å². The molecular weight excluding hydrogens is 382 g/mol. The number of pyridine rings is 1. The Morgan fingerprint density at radius 1 is 1.00 bits per heavy atom. The summed E-state index contributed by atoms with van der Waals surface area (Å²) in [5.41, 5.74) is 1.28. The fraction of sp³-hybridized carbons (Fsp3) is 0.111. The lowest BCUT2D eigenvalue weighted by Gasteiger charge is -2.11. The lowest BCUT2D eigenvalue weighted by atomic mass is 10.3. The van der Waals surface area contributed by atoms with Crippen molar-refractivity contribution in [2.24, 2.45) is 0 Å². The topological polar surface area (TPSA) is 107 Å². The highest BCUT2D eigenvalue weighted by Crippen LogP contribution is 2.22. The smallest absolute Gasteiger partial charge is 0.303 e. The highest BCUT2D eigenvalue weighted by molar-refractivity contribution is 5.72. The van der Waals surface area contributed by atoms with Crippen molar-refractivity contribution in [1.29, 1.82) is 0 Å². The van der Waals surface area contributed by atoms with Crippen molar-refractivity contribution >= 4 is 16.8 Å². The Kier molecular flexibility index (Phi) is 3.69. The summed E-state index contributed by atoms with van der Waals surface area (Å²) >= 11 is 0. The number of fused-ring (bicyclic) bond motifs is 2. The second kappa shape index (κ2) is 6.26. The van der Waals surface area contributed by atoms with Crippen LogP contribution in [0.25, 0.3) is 28.3 Å². The van der Waals surface area contributed by atoms with Crippen LogP contribution in [0.15, 0.2) is 47.9 Å². The Labute approximate surface area is 160 Å². The van der Waals surface area contributed by atoms with Gasteiger partial charge in [-0.05, 0) is 19.1 Å². The number of halogens is 2. The molecule has 5 heterocycles. The summed E-state index contributed by atoms with van der Waals surface area (Å²) in [5, 5.41) is 0. The first-order chi connectivity index (χ1) is 14.0. The molecule has 0 bridgehead atoms. The molecule has 0 aliphatic heterocycles. The molecule has 29 heavy (non-hydrogen) atoms. The highest BCUT2D eigenvalue weighted by Gasteiger charge is 2.20. The summed E-state index contributed by atoms with van der Waals surface area (Å²) in [6.45, 7) is 1.70. The third-order valence-corrected chi connectivity index (χ3v) is 4.56. The molecule has 0 unspecified atom stereocenters. The number of hydrogen-bond acceptors (Lipinski definition) is 6.